The Kier molecular flexibility index (Phi) is 6.27. The number of hydrogen-bond donors (Lipinski definition) is 1. The summed E-state index contributed by atoms with van der Waals surface area (Å²) in [6.07, 6.45) is 1.07. The molecule has 2 heteroatoms. The summed E-state index contributed by atoms with van der Waals surface area (Å²) in [4.78, 5) is 1.33. The lowest BCUT2D eigenvalue weighted by Crippen LogP contribution is -2.11. The van der Waals surface area contributed by atoms with E-state index in [1.807, 2.05) is 11.8 Å². The van der Waals surface area contributed by atoms with Crippen molar-refractivity contribution < 1.29 is 0 Å². The second kappa shape index (κ2) is 7.53. The van der Waals surface area contributed by atoms with Gasteiger partial charge in [-0.15, -0.1) is 11.8 Å². The maximum Gasteiger partial charge on any atom is 0.0205 e. The maximum absolute atomic E-state index is 4.02. The molecular formula is C14H21NS. The van der Waals surface area contributed by atoms with Gasteiger partial charge in [-0.1, -0.05) is 38.1 Å². The molecule has 0 aliphatic heterocycles. The minimum absolute atomic E-state index is 0.961. The summed E-state index contributed by atoms with van der Waals surface area (Å²) in [7, 11) is 0. The molecule has 0 saturated carbocycles. The Bertz CT molecular complexity index is 316. The molecule has 0 spiro atoms. The van der Waals surface area contributed by atoms with Crippen LogP contribution in [0.4, 0.5) is 0 Å². The molecule has 1 nitrogen and oxygen atoms in total. The van der Waals surface area contributed by atoms with Crippen molar-refractivity contribution in [2.75, 3.05) is 12.3 Å². The molecule has 0 heterocycles. The number of nitrogens with one attached hydrogen (secondary N) is 1. The van der Waals surface area contributed by atoms with E-state index in [4.69, 9.17) is 0 Å². The van der Waals surface area contributed by atoms with Gasteiger partial charge in [-0.25, -0.2) is 0 Å². The van der Waals surface area contributed by atoms with Gasteiger partial charge >= 0.3 is 0 Å². The molecule has 0 atom stereocenters. The van der Waals surface area contributed by atoms with E-state index in [9.17, 15) is 0 Å². The first-order valence-corrected chi connectivity index (χ1v) is 6.84. The van der Waals surface area contributed by atoms with Crippen LogP contribution in [-0.4, -0.2) is 12.3 Å². The first-order valence-electron chi connectivity index (χ1n) is 5.85. The van der Waals surface area contributed by atoms with Gasteiger partial charge in [0.2, 0.25) is 0 Å². The van der Waals surface area contributed by atoms with Crippen LogP contribution in [0.15, 0.2) is 41.3 Å². The van der Waals surface area contributed by atoms with Crippen LogP contribution in [-0.2, 0) is 6.54 Å². The Morgan fingerprint density at radius 1 is 1.25 bits per heavy atom. The molecule has 1 N–H and O–H groups in total. The highest BCUT2D eigenvalue weighted by Crippen LogP contribution is 2.21. The first-order chi connectivity index (χ1) is 7.76. The lowest BCUT2D eigenvalue weighted by Gasteiger charge is -2.05. The van der Waals surface area contributed by atoms with E-state index in [0.29, 0.717) is 0 Å². The molecule has 0 aliphatic rings. The van der Waals surface area contributed by atoms with Crippen molar-refractivity contribution >= 4 is 11.8 Å². The monoisotopic (exact) mass is 235 g/mol. The van der Waals surface area contributed by atoms with E-state index >= 15 is 0 Å². The van der Waals surface area contributed by atoms with E-state index < -0.39 is 0 Å². The molecule has 0 unspecified atom stereocenters. The topological polar surface area (TPSA) is 12.0 Å². The number of rotatable bonds is 7. The van der Waals surface area contributed by atoms with E-state index in [0.717, 1.165) is 25.3 Å². The van der Waals surface area contributed by atoms with Gasteiger partial charge in [0.05, 0.1) is 0 Å². The predicted octanol–water partition coefficient (Wildman–Crippen LogP) is 3.85. The van der Waals surface area contributed by atoms with Crippen molar-refractivity contribution in [3.05, 3.63) is 42.0 Å². The van der Waals surface area contributed by atoms with Crippen molar-refractivity contribution in [1.82, 2.24) is 5.32 Å². The van der Waals surface area contributed by atoms with Crippen LogP contribution in [0.3, 0.4) is 0 Å². The summed E-state index contributed by atoms with van der Waals surface area (Å²) >= 11 is 1.87. The molecule has 0 bridgehead atoms. The molecule has 16 heavy (non-hydrogen) atoms. The number of benzene rings is 1. The lowest BCUT2D eigenvalue weighted by molar-refractivity contribution is 0.726. The fourth-order valence-electron chi connectivity index (χ4n) is 1.26. The highest BCUT2D eigenvalue weighted by molar-refractivity contribution is 7.99. The Labute approximate surface area is 103 Å². The van der Waals surface area contributed by atoms with Crippen LogP contribution in [0.2, 0.25) is 0 Å². The molecule has 0 saturated heterocycles. The third-order valence-electron chi connectivity index (χ3n) is 2.45. The van der Waals surface area contributed by atoms with Gasteiger partial charge in [0.15, 0.2) is 0 Å². The Balaban J connectivity index is 2.41. The molecule has 0 fully saturated rings. The third-order valence-corrected chi connectivity index (χ3v) is 3.60. The Morgan fingerprint density at radius 2 is 1.94 bits per heavy atom. The van der Waals surface area contributed by atoms with Crippen molar-refractivity contribution in [1.29, 1.82) is 0 Å². The van der Waals surface area contributed by atoms with E-state index in [2.05, 4.69) is 50.0 Å². The average Bonchev–Trinajstić information content (AvgIpc) is 2.34. The zero-order valence-electron chi connectivity index (χ0n) is 10.3. The van der Waals surface area contributed by atoms with Crippen molar-refractivity contribution in [3.63, 3.8) is 0 Å². The molecular weight excluding hydrogens is 214 g/mol. The van der Waals surface area contributed by atoms with Crippen LogP contribution in [0.25, 0.3) is 0 Å². The zero-order valence-corrected chi connectivity index (χ0v) is 11.1. The molecule has 0 radical (unpaired) electrons. The fraction of sp³-hybridized carbons (Fsp3) is 0.429. The van der Waals surface area contributed by atoms with E-state index in [1.54, 1.807) is 0 Å². The third kappa shape index (κ3) is 4.86. The molecule has 88 valence electrons. The van der Waals surface area contributed by atoms with E-state index in [-0.39, 0.29) is 0 Å². The standard InChI is InChI=1S/C14H21NS/c1-4-12(3)11-16-14-8-6-13(7-9-14)10-15-5-2/h6-9,15H,3-5,10-11H2,1-2H3. The highest BCUT2D eigenvalue weighted by Gasteiger charge is 1.96. The largest absolute Gasteiger partial charge is 0.313 e. The molecule has 0 aromatic heterocycles. The van der Waals surface area contributed by atoms with Gasteiger partial charge in [-0.2, -0.15) is 0 Å². The summed E-state index contributed by atoms with van der Waals surface area (Å²) in [5.74, 6) is 1.03. The molecule has 0 amide bonds. The van der Waals surface area contributed by atoms with Gasteiger partial charge in [-0.3, -0.25) is 0 Å². The van der Waals surface area contributed by atoms with Crippen molar-refractivity contribution in [2.24, 2.45) is 0 Å². The van der Waals surface area contributed by atoms with Crippen molar-refractivity contribution in [3.8, 4) is 0 Å². The Hall–Kier alpha value is -0.730. The van der Waals surface area contributed by atoms with Gasteiger partial charge in [0.25, 0.3) is 0 Å². The predicted molar refractivity (Wildman–Crippen MR) is 74.0 cm³/mol. The van der Waals surface area contributed by atoms with Gasteiger partial charge in [0.1, 0.15) is 0 Å². The van der Waals surface area contributed by atoms with E-state index in [1.165, 1.54) is 16.0 Å². The number of thioether (sulfide) groups is 1. The lowest BCUT2D eigenvalue weighted by atomic mass is 10.2. The minimum atomic E-state index is 0.961. The normalized spacial score (nSPS) is 10.4. The van der Waals surface area contributed by atoms with Crippen LogP contribution in [0, 0.1) is 0 Å². The average molecular weight is 235 g/mol. The molecule has 1 aromatic carbocycles. The zero-order chi connectivity index (χ0) is 11.8. The quantitative estimate of drug-likeness (QED) is 0.569. The van der Waals surface area contributed by atoms with Gasteiger partial charge < -0.3 is 5.32 Å². The fourth-order valence-corrected chi connectivity index (χ4v) is 2.16. The second-order valence-corrected chi connectivity index (χ2v) is 4.87. The molecule has 0 aliphatic carbocycles. The molecule has 1 aromatic rings. The summed E-state index contributed by atoms with van der Waals surface area (Å²) < 4.78 is 0. The van der Waals surface area contributed by atoms with Crippen LogP contribution >= 0.6 is 11.8 Å². The van der Waals surface area contributed by atoms with Gasteiger partial charge in [0, 0.05) is 17.2 Å². The maximum atomic E-state index is 4.02. The van der Waals surface area contributed by atoms with Crippen LogP contribution in [0.1, 0.15) is 25.8 Å². The summed E-state index contributed by atoms with van der Waals surface area (Å²) in [5.41, 5.74) is 2.65. The summed E-state index contributed by atoms with van der Waals surface area (Å²) in [6, 6.07) is 8.78. The number of hydrogen-bond acceptors (Lipinski definition) is 2. The van der Waals surface area contributed by atoms with Crippen LogP contribution < -0.4 is 5.32 Å². The van der Waals surface area contributed by atoms with Gasteiger partial charge in [-0.05, 0) is 30.7 Å². The highest BCUT2D eigenvalue weighted by atomic mass is 32.2. The summed E-state index contributed by atoms with van der Waals surface area (Å²) in [6.45, 7) is 10.3. The smallest absolute Gasteiger partial charge is 0.0205 e. The SMILES string of the molecule is C=C(CC)CSc1ccc(CNCC)cc1. The Morgan fingerprint density at radius 3 is 2.50 bits per heavy atom. The van der Waals surface area contributed by atoms with Crippen LogP contribution in [0.5, 0.6) is 0 Å². The first kappa shape index (κ1) is 13.3. The van der Waals surface area contributed by atoms with Crippen molar-refractivity contribution in [2.45, 2.75) is 31.7 Å². The summed E-state index contributed by atoms with van der Waals surface area (Å²) in [5, 5.41) is 3.32. The second-order valence-electron chi connectivity index (χ2n) is 3.82. The minimum Gasteiger partial charge on any atom is -0.313 e. The molecule has 1 rings (SSSR count).